The van der Waals surface area contributed by atoms with Gasteiger partial charge >= 0.3 is 0 Å². The monoisotopic (exact) mass is 214 g/mol. The Kier molecular flexibility index (Phi) is 2.55. The van der Waals surface area contributed by atoms with E-state index >= 15 is 0 Å². The van der Waals surface area contributed by atoms with Crippen LogP contribution < -0.4 is 5.73 Å². The Bertz CT molecular complexity index is 504. The van der Waals surface area contributed by atoms with Gasteiger partial charge in [0.05, 0.1) is 5.56 Å². The smallest absolute Gasteiger partial charge is 0.200 e. The van der Waals surface area contributed by atoms with Crippen LogP contribution in [0.3, 0.4) is 0 Å². The molecule has 0 aliphatic heterocycles. The maximum Gasteiger partial charge on any atom is 0.200 e. The van der Waals surface area contributed by atoms with Crippen LogP contribution in [0.2, 0.25) is 0 Å². The fraction of sp³-hybridized carbons (Fsp3) is 0. The SMILES string of the molecule is Nc1cccc(O)c1C(=O)c1cccnc1. The second-order valence-corrected chi connectivity index (χ2v) is 3.31. The van der Waals surface area contributed by atoms with E-state index in [9.17, 15) is 9.90 Å². The summed E-state index contributed by atoms with van der Waals surface area (Å²) in [7, 11) is 0. The van der Waals surface area contributed by atoms with E-state index in [1.807, 2.05) is 0 Å². The van der Waals surface area contributed by atoms with Gasteiger partial charge in [-0.1, -0.05) is 6.07 Å². The number of aromatic hydroxyl groups is 1. The highest BCUT2D eigenvalue weighted by molar-refractivity contribution is 6.13. The van der Waals surface area contributed by atoms with Gasteiger partial charge in [0.2, 0.25) is 0 Å². The van der Waals surface area contributed by atoms with Crippen molar-refractivity contribution in [2.75, 3.05) is 5.73 Å². The minimum Gasteiger partial charge on any atom is -0.507 e. The summed E-state index contributed by atoms with van der Waals surface area (Å²) in [6.07, 6.45) is 3.01. The third-order valence-electron chi connectivity index (χ3n) is 2.23. The van der Waals surface area contributed by atoms with Crippen LogP contribution >= 0.6 is 0 Å². The number of aromatic nitrogens is 1. The first-order valence-corrected chi connectivity index (χ1v) is 4.72. The van der Waals surface area contributed by atoms with Gasteiger partial charge in [0.15, 0.2) is 5.78 Å². The Labute approximate surface area is 92.4 Å². The van der Waals surface area contributed by atoms with E-state index in [0.717, 1.165) is 0 Å². The third kappa shape index (κ3) is 1.72. The van der Waals surface area contributed by atoms with Crippen molar-refractivity contribution in [2.24, 2.45) is 0 Å². The molecule has 0 unspecified atom stereocenters. The third-order valence-corrected chi connectivity index (χ3v) is 2.23. The molecule has 1 aromatic carbocycles. The molecule has 0 radical (unpaired) electrons. The van der Waals surface area contributed by atoms with Crippen LogP contribution in [0.4, 0.5) is 5.69 Å². The van der Waals surface area contributed by atoms with Gasteiger partial charge in [0, 0.05) is 23.6 Å². The number of anilines is 1. The summed E-state index contributed by atoms with van der Waals surface area (Å²) in [6.45, 7) is 0. The molecule has 0 saturated carbocycles. The second kappa shape index (κ2) is 4.02. The van der Waals surface area contributed by atoms with E-state index in [2.05, 4.69) is 4.98 Å². The van der Waals surface area contributed by atoms with Crippen molar-refractivity contribution in [1.82, 2.24) is 4.98 Å². The number of nitrogen functional groups attached to an aromatic ring is 1. The van der Waals surface area contributed by atoms with Crippen LogP contribution in [-0.4, -0.2) is 15.9 Å². The molecule has 2 rings (SSSR count). The summed E-state index contributed by atoms with van der Waals surface area (Å²) < 4.78 is 0. The summed E-state index contributed by atoms with van der Waals surface area (Å²) in [5.41, 5.74) is 6.44. The zero-order valence-electron chi connectivity index (χ0n) is 8.42. The molecule has 0 aliphatic rings. The predicted octanol–water partition coefficient (Wildman–Crippen LogP) is 1.60. The molecule has 2 aromatic rings. The number of rotatable bonds is 2. The van der Waals surface area contributed by atoms with E-state index in [4.69, 9.17) is 5.73 Å². The van der Waals surface area contributed by atoms with E-state index in [-0.39, 0.29) is 22.8 Å². The van der Waals surface area contributed by atoms with Gasteiger partial charge in [-0.05, 0) is 24.3 Å². The standard InChI is InChI=1S/C12H10N2O2/c13-9-4-1-5-10(15)11(9)12(16)8-3-2-6-14-7-8/h1-7,15H,13H2. The molecular weight excluding hydrogens is 204 g/mol. The van der Waals surface area contributed by atoms with Crippen LogP contribution in [0.1, 0.15) is 15.9 Å². The Balaban J connectivity index is 2.50. The average molecular weight is 214 g/mol. The zero-order valence-corrected chi connectivity index (χ0v) is 8.42. The minimum atomic E-state index is -0.330. The lowest BCUT2D eigenvalue weighted by Crippen LogP contribution is -2.05. The van der Waals surface area contributed by atoms with Crippen molar-refractivity contribution in [1.29, 1.82) is 0 Å². The number of hydrogen-bond donors (Lipinski definition) is 2. The first kappa shape index (κ1) is 10.2. The number of carbonyl (C=O) groups excluding carboxylic acids is 1. The van der Waals surface area contributed by atoms with Crippen LogP contribution in [0.15, 0.2) is 42.7 Å². The van der Waals surface area contributed by atoms with Gasteiger partial charge in [0.25, 0.3) is 0 Å². The molecule has 1 heterocycles. The van der Waals surface area contributed by atoms with Gasteiger partial charge in [-0.2, -0.15) is 0 Å². The van der Waals surface area contributed by atoms with E-state index in [0.29, 0.717) is 5.56 Å². The fourth-order valence-electron chi connectivity index (χ4n) is 1.45. The molecule has 80 valence electrons. The Hall–Kier alpha value is -2.36. The lowest BCUT2D eigenvalue weighted by molar-refractivity contribution is 0.103. The first-order chi connectivity index (χ1) is 7.70. The fourth-order valence-corrected chi connectivity index (χ4v) is 1.45. The molecule has 4 nitrogen and oxygen atoms in total. The molecule has 0 spiro atoms. The molecule has 1 aromatic heterocycles. The molecule has 0 bridgehead atoms. The average Bonchev–Trinajstić information content (AvgIpc) is 2.30. The minimum absolute atomic E-state index is 0.117. The number of nitrogens with two attached hydrogens (primary N) is 1. The van der Waals surface area contributed by atoms with Crippen molar-refractivity contribution in [2.45, 2.75) is 0 Å². The molecule has 0 fully saturated rings. The number of nitrogens with zero attached hydrogens (tertiary/aromatic N) is 1. The highest BCUT2D eigenvalue weighted by Crippen LogP contribution is 2.25. The molecule has 0 aliphatic carbocycles. The molecular formula is C12H10N2O2. The van der Waals surface area contributed by atoms with Crippen molar-refractivity contribution in [3.8, 4) is 5.75 Å². The first-order valence-electron chi connectivity index (χ1n) is 4.72. The van der Waals surface area contributed by atoms with Crippen molar-refractivity contribution in [3.05, 3.63) is 53.9 Å². The topological polar surface area (TPSA) is 76.2 Å². The van der Waals surface area contributed by atoms with E-state index < -0.39 is 0 Å². The summed E-state index contributed by atoms with van der Waals surface area (Å²) in [5.74, 6) is -0.447. The lowest BCUT2D eigenvalue weighted by Gasteiger charge is -2.06. The van der Waals surface area contributed by atoms with E-state index in [1.54, 1.807) is 30.5 Å². The van der Waals surface area contributed by atoms with Crippen LogP contribution in [0.25, 0.3) is 0 Å². The zero-order chi connectivity index (χ0) is 11.5. The maximum absolute atomic E-state index is 12.0. The highest BCUT2D eigenvalue weighted by atomic mass is 16.3. The van der Waals surface area contributed by atoms with Crippen LogP contribution in [0.5, 0.6) is 5.75 Å². The quantitative estimate of drug-likeness (QED) is 0.588. The normalized spacial score (nSPS) is 10.0. The highest BCUT2D eigenvalue weighted by Gasteiger charge is 2.16. The number of ketones is 1. The van der Waals surface area contributed by atoms with Gasteiger partial charge in [-0.3, -0.25) is 9.78 Å². The van der Waals surface area contributed by atoms with Crippen LogP contribution in [-0.2, 0) is 0 Å². The number of hydrogen-bond acceptors (Lipinski definition) is 4. The number of phenols is 1. The Morgan fingerprint density at radius 3 is 2.69 bits per heavy atom. The molecule has 16 heavy (non-hydrogen) atoms. The largest absolute Gasteiger partial charge is 0.507 e. The van der Waals surface area contributed by atoms with Crippen molar-refractivity contribution < 1.29 is 9.90 Å². The van der Waals surface area contributed by atoms with E-state index in [1.165, 1.54) is 12.3 Å². The van der Waals surface area contributed by atoms with Crippen molar-refractivity contribution >= 4 is 11.5 Å². The molecule has 0 atom stereocenters. The number of carbonyl (C=O) groups is 1. The van der Waals surface area contributed by atoms with Crippen LogP contribution in [0, 0.1) is 0 Å². The van der Waals surface area contributed by atoms with Gasteiger partial charge in [0.1, 0.15) is 5.75 Å². The lowest BCUT2D eigenvalue weighted by atomic mass is 10.0. The maximum atomic E-state index is 12.0. The van der Waals surface area contributed by atoms with Gasteiger partial charge < -0.3 is 10.8 Å². The Morgan fingerprint density at radius 1 is 1.25 bits per heavy atom. The summed E-state index contributed by atoms with van der Waals surface area (Å²) >= 11 is 0. The molecule has 0 amide bonds. The van der Waals surface area contributed by atoms with Crippen molar-refractivity contribution in [3.63, 3.8) is 0 Å². The molecule has 4 heteroatoms. The summed E-state index contributed by atoms with van der Waals surface area (Å²) in [4.78, 5) is 15.9. The number of phenolic OH excluding ortho intramolecular Hbond substituents is 1. The number of pyridine rings is 1. The molecule has 0 saturated heterocycles. The predicted molar refractivity (Wildman–Crippen MR) is 60.2 cm³/mol. The second-order valence-electron chi connectivity index (χ2n) is 3.31. The summed E-state index contributed by atoms with van der Waals surface area (Å²) in [5, 5.41) is 9.60. The number of benzene rings is 1. The summed E-state index contributed by atoms with van der Waals surface area (Å²) in [6, 6.07) is 7.87. The van der Waals surface area contributed by atoms with Gasteiger partial charge in [-0.25, -0.2) is 0 Å². The van der Waals surface area contributed by atoms with Gasteiger partial charge in [-0.15, -0.1) is 0 Å². The Morgan fingerprint density at radius 2 is 2.06 bits per heavy atom. The molecule has 3 N–H and O–H groups in total.